The molecule has 1 unspecified atom stereocenters. The third-order valence-electron chi connectivity index (χ3n) is 3.37. The molecule has 3 heteroatoms. The first kappa shape index (κ1) is 16.1. The van der Waals surface area contributed by atoms with Crippen molar-refractivity contribution in [2.45, 2.75) is 40.2 Å². The maximum Gasteiger partial charge on any atom is 0.126 e. The third kappa shape index (κ3) is 5.29. The van der Waals surface area contributed by atoms with Crippen molar-refractivity contribution in [3.8, 4) is 0 Å². The lowest BCUT2D eigenvalue weighted by atomic mass is 10.0. The predicted molar refractivity (Wildman–Crippen MR) is 77.7 cm³/mol. The van der Waals surface area contributed by atoms with Gasteiger partial charge in [-0.1, -0.05) is 32.9 Å². The molecule has 0 aliphatic carbocycles. The van der Waals surface area contributed by atoms with Crippen LogP contribution >= 0.6 is 0 Å². The molecule has 1 N–H and O–H groups in total. The van der Waals surface area contributed by atoms with Gasteiger partial charge in [0.25, 0.3) is 0 Å². The van der Waals surface area contributed by atoms with E-state index < -0.39 is 6.10 Å². The average Bonchev–Trinajstić information content (AvgIpc) is 2.36. The van der Waals surface area contributed by atoms with E-state index in [2.05, 4.69) is 25.7 Å². The van der Waals surface area contributed by atoms with Crippen LogP contribution in [-0.4, -0.2) is 29.6 Å². The normalized spacial score (nSPS) is 13.3. The third-order valence-corrected chi connectivity index (χ3v) is 3.37. The van der Waals surface area contributed by atoms with Crippen molar-refractivity contribution in [2.75, 3.05) is 19.6 Å². The fourth-order valence-corrected chi connectivity index (χ4v) is 2.18. The molecule has 1 aromatic carbocycles. The van der Waals surface area contributed by atoms with Crippen LogP contribution in [0, 0.1) is 18.7 Å². The lowest BCUT2D eigenvalue weighted by Gasteiger charge is -2.24. The van der Waals surface area contributed by atoms with Crippen LogP contribution in [0.4, 0.5) is 4.39 Å². The molecule has 2 nitrogen and oxygen atoms in total. The Balaban J connectivity index is 2.54. The Kier molecular flexibility index (Phi) is 6.46. The molecule has 0 aromatic heterocycles. The van der Waals surface area contributed by atoms with Gasteiger partial charge in [-0.15, -0.1) is 0 Å². The second-order valence-corrected chi connectivity index (χ2v) is 5.60. The molecule has 0 fully saturated rings. The van der Waals surface area contributed by atoms with E-state index in [0.29, 0.717) is 23.5 Å². The van der Waals surface area contributed by atoms with Crippen LogP contribution in [0.1, 0.15) is 44.4 Å². The van der Waals surface area contributed by atoms with Gasteiger partial charge in [-0.05, 0) is 43.0 Å². The molecule has 0 saturated carbocycles. The molecule has 0 aliphatic heterocycles. The molecule has 0 amide bonds. The Labute approximate surface area is 116 Å². The lowest BCUT2D eigenvalue weighted by molar-refractivity contribution is 0.139. The minimum atomic E-state index is -0.587. The Morgan fingerprint density at radius 2 is 2.00 bits per heavy atom. The number of hydrogen-bond acceptors (Lipinski definition) is 2. The van der Waals surface area contributed by atoms with E-state index in [1.54, 1.807) is 13.0 Å². The molecular weight excluding hydrogens is 241 g/mol. The number of nitrogens with zero attached hydrogens (tertiary/aromatic N) is 1. The van der Waals surface area contributed by atoms with Crippen molar-refractivity contribution in [1.29, 1.82) is 0 Å². The molecule has 0 spiro atoms. The van der Waals surface area contributed by atoms with Gasteiger partial charge in [-0.2, -0.15) is 0 Å². The zero-order valence-corrected chi connectivity index (χ0v) is 12.5. The molecular formula is C16H26FNO. The number of halogens is 1. The van der Waals surface area contributed by atoms with Gasteiger partial charge in [0.15, 0.2) is 0 Å². The summed E-state index contributed by atoms with van der Waals surface area (Å²) in [5.74, 6) is 0.375. The van der Waals surface area contributed by atoms with Crippen LogP contribution in [0.15, 0.2) is 18.2 Å². The smallest absolute Gasteiger partial charge is 0.126 e. The summed E-state index contributed by atoms with van der Waals surface area (Å²) in [6.07, 6.45) is 0.0552. The van der Waals surface area contributed by atoms with Gasteiger partial charge in [0, 0.05) is 13.1 Å². The highest BCUT2D eigenvalue weighted by atomic mass is 19.1. The van der Waals surface area contributed by atoms with Crippen molar-refractivity contribution in [1.82, 2.24) is 4.90 Å². The standard InChI is InChI=1S/C16H26FNO/c1-5-18(11-12(2)3)9-8-16(19)14-7-6-13(4)15(17)10-14/h6-7,10,12,16,19H,5,8-9,11H2,1-4H3. The summed E-state index contributed by atoms with van der Waals surface area (Å²) >= 11 is 0. The number of aliphatic hydroxyl groups excluding tert-OH is 1. The summed E-state index contributed by atoms with van der Waals surface area (Å²) in [6.45, 7) is 11.1. The number of aryl methyl sites for hydroxylation is 1. The first-order valence-electron chi connectivity index (χ1n) is 7.10. The van der Waals surface area contributed by atoms with Crippen LogP contribution in [-0.2, 0) is 0 Å². The molecule has 0 saturated heterocycles. The van der Waals surface area contributed by atoms with E-state index in [-0.39, 0.29) is 5.82 Å². The zero-order valence-electron chi connectivity index (χ0n) is 12.5. The van der Waals surface area contributed by atoms with Crippen molar-refractivity contribution in [3.05, 3.63) is 35.1 Å². The highest BCUT2D eigenvalue weighted by Crippen LogP contribution is 2.19. The van der Waals surface area contributed by atoms with E-state index in [0.717, 1.165) is 19.6 Å². The van der Waals surface area contributed by atoms with E-state index >= 15 is 0 Å². The Hall–Kier alpha value is -0.930. The lowest BCUT2D eigenvalue weighted by Crippen LogP contribution is -2.29. The van der Waals surface area contributed by atoms with E-state index in [1.807, 2.05) is 6.07 Å². The summed E-state index contributed by atoms with van der Waals surface area (Å²) in [5.41, 5.74) is 1.29. The minimum absolute atomic E-state index is 0.244. The van der Waals surface area contributed by atoms with Crippen molar-refractivity contribution in [3.63, 3.8) is 0 Å². The molecule has 1 rings (SSSR count). The van der Waals surface area contributed by atoms with Crippen molar-refractivity contribution in [2.24, 2.45) is 5.92 Å². The number of hydrogen-bond donors (Lipinski definition) is 1. The van der Waals surface area contributed by atoms with Crippen LogP contribution in [0.5, 0.6) is 0 Å². The van der Waals surface area contributed by atoms with Gasteiger partial charge < -0.3 is 10.0 Å². The maximum atomic E-state index is 13.5. The summed E-state index contributed by atoms with van der Waals surface area (Å²) in [4.78, 5) is 2.32. The topological polar surface area (TPSA) is 23.5 Å². The fraction of sp³-hybridized carbons (Fsp3) is 0.625. The molecule has 1 aromatic rings. The summed E-state index contributed by atoms with van der Waals surface area (Å²) in [6, 6.07) is 4.97. The maximum absolute atomic E-state index is 13.5. The molecule has 0 bridgehead atoms. The van der Waals surface area contributed by atoms with Crippen molar-refractivity contribution < 1.29 is 9.50 Å². The summed E-state index contributed by atoms with van der Waals surface area (Å²) in [5, 5.41) is 10.1. The van der Waals surface area contributed by atoms with Crippen LogP contribution < -0.4 is 0 Å². The van der Waals surface area contributed by atoms with Gasteiger partial charge >= 0.3 is 0 Å². The minimum Gasteiger partial charge on any atom is -0.388 e. The Bertz CT molecular complexity index is 392. The van der Waals surface area contributed by atoms with Gasteiger partial charge in [0.1, 0.15) is 5.82 Å². The highest BCUT2D eigenvalue weighted by Gasteiger charge is 2.12. The second-order valence-electron chi connectivity index (χ2n) is 5.60. The fourth-order valence-electron chi connectivity index (χ4n) is 2.18. The summed E-state index contributed by atoms with van der Waals surface area (Å²) < 4.78 is 13.5. The molecule has 0 heterocycles. The largest absolute Gasteiger partial charge is 0.388 e. The first-order chi connectivity index (χ1) is 8.93. The quantitative estimate of drug-likeness (QED) is 0.817. The SMILES string of the molecule is CCN(CCC(O)c1ccc(C)c(F)c1)CC(C)C. The van der Waals surface area contributed by atoms with Gasteiger partial charge in [-0.25, -0.2) is 4.39 Å². The van der Waals surface area contributed by atoms with E-state index in [4.69, 9.17) is 0 Å². The predicted octanol–water partition coefficient (Wildman–Crippen LogP) is 3.54. The highest BCUT2D eigenvalue weighted by molar-refractivity contribution is 5.24. The monoisotopic (exact) mass is 267 g/mol. The Morgan fingerprint density at radius 1 is 1.32 bits per heavy atom. The molecule has 1 atom stereocenters. The molecule has 0 radical (unpaired) electrons. The van der Waals surface area contributed by atoms with Gasteiger partial charge in [0.05, 0.1) is 6.10 Å². The Morgan fingerprint density at radius 3 is 2.53 bits per heavy atom. The van der Waals surface area contributed by atoms with Crippen molar-refractivity contribution >= 4 is 0 Å². The van der Waals surface area contributed by atoms with Crippen LogP contribution in [0.3, 0.4) is 0 Å². The van der Waals surface area contributed by atoms with Crippen LogP contribution in [0.2, 0.25) is 0 Å². The van der Waals surface area contributed by atoms with Crippen LogP contribution in [0.25, 0.3) is 0 Å². The average molecular weight is 267 g/mol. The van der Waals surface area contributed by atoms with E-state index in [1.165, 1.54) is 6.07 Å². The summed E-state index contributed by atoms with van der Waals surface area (Å²) in [7, 11) is 0. The molecule has 108 valence electrons. The number of rotatable bonds is 7. The molecule has 0 aliphatic rings. The van der Waals surface area contributed by atoms with E-state index in [9.17, 15) is 9.50 Å². The molecule has 19 heavy (non-hydrogen) atoms. The van der Waals surface area contributed by atoms with Gasteiger partial charge in [-0.3, -0.25) is 0 Å². The number of benzene rings is 1. The van der Waals surface area contributed by atoms with Gasteiger partial charge in [0.2, 0.25) is 0 Å². The zero-order chi connectivity index (χ0) is 14.4. The second kappa shape index (κ2) is 7.61. The number of aliphatic hydroxyl groups is 1. The first-order valence-corrected chi connectivity index (χ1v) is 7.10.